The summed E-state index contributed by atoms with van der Waals surface area (Å²) >= 11 is 6.35. The topological polar surface area (TPSA) is 101 Å². The molecule has 8 heteroatoms. The number of fused-ring (bicyclic) bond motifs is 1. The monoisotopic (exact) mass is 453 g/mol. The summed E-state index contributed by atoms with van der Waals surface area (Å²) in [5.41, 5.74) is 3.21. The minimum absolute atomic E-state index is 0.0801. The van der Waals surface area contributed by atoms with Gasteiger partial charge in [0.2, 0.25) is 0 Å². The van der Waals surface area contributed by atoms with Crippen molar-refractivity contribution in [3.63, 3.8) is 0 Å². The van der Waals surface area contributed by atoms with Crippen molar-refractivity contribution in [1.29, 1.82) is 0 Å². The third kappa shape index (κ3) is 3.87. The van der Waals surface area contributed by atoms with Gasteiger partial charge >= 0.3 is 7.60 Å². The first-order valence-electron chi connectivity index (χ1n) is 9.30. The summed E-state index contributed by atoms with van der Waals surface area (Å²) in [5, 5.41) is 14.0. The van der Waals surface area contributed by atoms with Gasteiger partial charge in [0.05, 0.1) is 15.8 Å². The Morgan fingerprint density at radius 2 is 1.48 bits per heavy atom. The highest BCUT2D eigenvalue weighted by Crippen LogP contribution is 2.42. The second kappa shape index (κ2) is 7.91. The SMILES string of the molecule is Cc1c(-c2ccc(Cl)c3ccccc23)ccc([N+](=O)[O-])c1-c1ccc(P(=O)(O)O)cc1. The van der Waals surface area contributed by atoms with Crippen LogP contribution in [0.3, 0.4) is 0 Å². The number of rotatable bonds is 4. The van der Waals surface area contributed by atoms with Gasteiger partial charge in [-0.2, -0.15) is 0 Å². The van der Waals surface area contributed by atoms with Crippen molar-refractivity contribution >= 4 is 41.0 Å². The summed E-state index contributed by atoms with van der Waals surface area (Å²) in [7, 11) is -4.41. The molecule has 0 aliphatic heterocycles. The van der Waals surface area contributed by atoms with E-state index in [1.807, 2.05) is 30.3 Å². The van der Waals surface area contributed by atoms with Crippen LogP contribution >= 0.6 is 19.2 Å². The van der Waals surface area contributed by atoms with Crippen molar-refractivity contribution in [2.75, 3.05) is 0 Å². The van der Waals surface area contributed by atoms with Crippen molar-refractivity contribution < 1.29 is 19.3 Å². The number of benzene rings is 4. The summed E-state index contributed by atoms with van der Waals surface area (Å²) in [5.74, 6) is 0. The predicted molar refractivity (Wildman–Crippen MR) is 123 cm³/mol. The Morgan fingerprint density at radius 1 is 0.871 bits per heavy atom. The summed E-state index contributed by atoms with van der Waals surface area (Å²) < 4.78 is 11.5. The number of hydrogen-bond acceptors (Lipinski definition) is 3. The van der Waals surface area contributed by atoms with E-state index in [0.717, 1.165) is 21.9 Å². The second-order valence-corrected chi connectivity index (χ2v) is 9.13. The molecule has 0 bridgehead atoms. The first kappa shape index (κ1) is 21.2. The van der Waals surface area contributed by atoms with Crippen LogP contribution < -0.4 is 5.30 Å². The van der Waals surface area contributed by atoms with E-state index in [-0.39, 0.29) is 11.0 Å². The van der Waals surface area contributed by atoms with E-state index in [1.165, 1.54) is 30.3 Å². The molecule has 2 N–H and O–H groups in total. The largest absolute Gasteiger partial charge is 0.356 e. The normalized spacial score (nSPS) is 11.6. The second-order valence-electron chi connectivity index (χ2n) is 7.12. The Labute approximate surface area is 183 Å². The molecule has 0 spiro atoms. The van der Waals surface area contributed by atoms with Crippen LogP contribution in [0.2, 0.25) is 5.02 Å². The van der Waals surface area contributed by atoms with Gasteiger partial charge in [-0.25, -0.2) is 0 Å². The molecule has 4 aromatic carbocycles. The molecule has 6 nitrogen and oxygen atoms in total. The van der Waals surface area contributed by atoms with Crippen molar-refractivity contribution in [3.05, 3.63) is 93.5 Å². The van der Waals surface area contributed by atoms with Gasteiger partial charge in [-0.1, -0.05) is 54.1 Å². The Balaban J connectivity index is 1.98. The summed E-state index contributed by atoms with van der Waals surface area (Å²) in [6.45, 7) is 1.80. The van der Waals surface area contributed by atoms with Crippen LogP contribution in [0.5, 0.6) is 0 Å². The van der Waals surface area contributed by atoms with Gasteiger partial charge in [-0.05, 0) is 58.8 Å². The van der Waals surface area contributed by atoms with E-state index in [4.69, 9.17) is 11.6 Å². The fourth-order valence-corrected chi connectivity index (χ4v) is 4.59. The molecule has 0 radical (unpaired) electrons. The third-order valence-corrected chi connectivity index (χ3v) is 6.59. The third-order valence-electron chi connectivity index (χ3n) is 5.29. The number of hydrogen-bond donors (Lipinski definition) is 2. The molecule has 0 saturated carbocycles. The Bertz CT molecular complexity index is 1380. The number of halogens is 1. The lowest BCUT2D eigenvalue weighted by atomic mass is 9.89. The highest BCUT2D eigenvalue weighted by Gasteiger charge is 2.23. The molecule has 0 amide bonds. The Kier molecular flexibility index (Phi) is 5.42. The van der Waals surface area contributed by atoms with Gasteiger partial charge in [0.15, 0.2) is 0 Å². The smallest absolute Gasteiger partial charge is 0.321 e. The lowest BCUT2D eigenvalue weighted by Gasteiger charge is -2.15. The zero-order chi connectivity index (χ0) is 22.3. The molecule has 0 saturated heterocycles. The molecular formula is C23H17ClNO5P. The summed E-state index contributed by atoms with van der Waals surface area (Å²) in [6.07, 6.45) is 0. The zero-order valence-corrected chi connectivity index (χ0v) is 18.0. The van der Waals surface area contributed by atoms with Crippen molar-refractivity contribution in [1.82, 2.24) is 0 Å². The molecular weight excluding hydrogens is 437 g/mol. The molecule has 31 heavy (non-hydrogen) atoms. The minimum Gasteiger partial charge on any atom is -0.321 e. The molecule has 156 valence electrons. The van der Waals surface area contributed by atoms with Crippen LogP contribution in [0, 0.1) is 17.0 Å². The van der Waals surface area contributed by atoms with Gasteiger partial charge in [0.1, 0.15) is 0 Å². The van der Waals surface area contributed by atoms with Gasteiger partial charge in [0, 0.05) is 16.5 Å². The predicted octanol–water partition coefficient (Wildman–Crippen LogP) is 5.85. The zero-order valence-electron chi connectivity index (χ0n) is 16.3. The summed E-state index contributed by atoms with van der Waals surface area (Å²) in [4.78, 5) is 30.0. The highest BCUT2D eigenvalue weighted by atomic mass is 35.5. The molecule has 0 heterocycles. The first-order valence-corrected chi connectivity index (χ1v) is 11.3. The van der Waals surface area contributed by atoms with Crippen LogP contribution in [-0.2, 0) is 4.57 Å². The van der Waals surface area contributed by atoms with E-state index >= 15 is 0 Å². The Hall–Kier alpha value is -3.02. The first-order chi connectivity index (χ1) is 14.7. The van der Waals surface area contributed by atoms with Crippen LogP contribution in [0.25, 0.3) is 33.0 Å². The van der Waals surface area contributed by atoms with Gasteiger partial charge < -0.3 is 9.79 Å². The highest BCUT2D eigenvalue weighted by molar-refractivity contribution is 7.60. The lowest BCUT2D eigenvalue weighted by Crippen LogP contribution is -2.03. The minimum atomic E-state index is -4.41. The van der Waals surface area contributed by atoms with Gasteiger partial charge in [-0.3, -0.25) is 14.7 Å². The van der Waals surface area contributed by atoms with E-state index in [1.54, 1.807) is 19.1 Å². The maximum atomic E-state index is 11.7. The van der Waals surface area contributed by atoms with Crippen molar-refractivity contribution in [2.24, 2.45) is 0 Å². The van der Waals surface area contributed by atoms with Gasteiger partial charge in [0.25, 0.3) is 5.69 Å². The van der Waals surface area contributed by atoms with E-state index in [0.29, 0.717) is 21.7 Å². The fourth-order valence-electron chi connectivity index (χ4n) is 3.83. The fraction of sp³-hybridized carbons (Fsp3) is 0.0435. The van der Waals surface area contributed by atoms with E-state index in [9.17, 15) is 24.5 Å². The molecule has 4 rings (SSSR count). The standard InChI is InChI=1S/C23H17ClNO5P/c1-14-17(19-10-12-21(24)20-5-3-2-4-18(19)20)11-13-22(25(26)27)23(14)15-6-8-16(9-7-15)31(28,29)30/h2-13H,1H3,(H2,28,29,30). The molecule has 0 unspecified atom stereocenters. The van der Waals surface area contributed by atoms with Crippen LogP contribution in [0.4, 0.5) is 5.69 Å². The summed E-state index contributed by atoms with van der Waals surface area (Å²) in [6, 6.07) is 20.1. The molecule has 0 aliphatic rings. The van der Waals surface area contributed by atoms with Crippen LogP contribution in [0.1, 0.15) is 5.56 Å². The number of nitro benzene ring substituents is 1. The molecule has 4 aromatic rings. The van der Waals surface area contributed by atoms with Crippen LogP contribution in [0.15, 0.2) is 72.8 Å². The molecule has 0 fully saturated rings. The maximum Gasteiger partial charge on any atom is 0.356 e. The maximum absolute atomic E-state index is 11.7. The molecule has 0 aliphatic carbocycles. The van der Waals surface area contributed by atoms with Crippen LogP contribution in [-0.4, -0.2) is 14.7 Å². The number of nitro groups is 1. The average molecular weight is 454 g/mol. The Morgan fingerprint density at radius 3 is 2.10 bits per heavy atom. The van der Waals surface area contributed by atoms with Crippen molar-refractivity contribution in [3.8, 4) is 22.3 Å². The quantitative estimate of drug-likeness (QED) is 0.229. The number of nitrogens with zero attached hydrogens (tertiary/aromatic N) is 1. The average Bonchev–Trinajstić information content (AvgIpc) is 2.74. The van der Waals surface area contributed by atoms with Gasteiger partial charge in [-0.15, -0.1) is 0 Å². The van der Waals surface area contributed by atoms with E-state index in [2.05, 4.69) is 0 Å². The molecule has 0 aromatic heterocycles. The van der Waals surface area contributed by atoms with Crippen molar-refractivity contribution in [2.45, 2.75) is 6.92 Å². The molecule has 0 atom stereocenters. The lowest BCUT2D eigenvalue weighted by molar-refractivity contribution is -0.384. The van der Waals surface area contributed by atoms with E-state index < -0.39 is 12.5 Å².